The Morgan fingerprint density at radius 2 is 1.73 bits per heavy atom. The molecule has 0 N–H and O–H groups in total. The van der Waals surface area contributed by atoms with E-state index in [0.29, 0.717) is 44.0 Å². The van der Waals surface area contributed by atoms with Gasteiger partial charge in [0, 0.05) is 46.1 Å². The Balaban J connectivity index is 1.53. The van der Waals surface area contributed by atoms with Crippen molar-refractivity contribution in [2.45, 2.75) is 32.3 Å². The van der Waals surface area contributed by atoms with Gasteiger partial charge in [-0.2, -0.15) is 9.40 Å². The summed E-state index contributed by atoms with van der Waals surface area (Å²) in [4.78, 5) is 14.8. The summed E-state index contributed by atoms with van der Waals surface area (Å²) < 4.78 is 33.8. The molecule has 0 atom stereocenters. The number of rotatable bonds is 6. The van der Waals surface area contributed by atoms with Gasteiger partial charge >= 0.3 is 5.56 Å². The molecule has 1 saturated heterocycles. The summed E-state index contributed by atoms with van der Waals surface area (Å²) >= 11 is 0. The third-order valence-corrected chi connectivity index (χ3v) is 7.88. The van der Waals surface area contributed by atoms with Crippen LogP contribution in [0.15, 0.2) is 35.3 Å². The molecule has 2 aliphatic rings. The summed E-state index contributed by atoms with van der Waals surface area (Å²) in [7, 11) is -1.61. The van der Waals surface area contributed by atoms with Crippen LogP contribution in [-0.2, 0) is 29.9 Å². The molecular formula is C21H28N4O4S. The Bertz CT molecular complexity index is 1050. The summed E-state index contributed by atoms with van der Waals surface area (Å²) in [5.74, 6) is 0.465. The molecule has 30 heavy (non-hydrogen) atoms. The number of aromatic nitrogens is 2. The van der Waals surface area contributed by atoms with Crippen LogP contribution in [0.4, 0.5) is 5.69 Å². The molecule has 1 fully saturated rings. The molecule has 0 saturated carbocycles. The highest BCUT2D eigenvalue weighted by molar-refractivity contribution is 7.89. The van der Waals surface area contributed by atoms with Crippen LogP contribution in [0.1, 0.15) is 24.5 Å². The molecule has 1 aromatic carbocycles. The molecule has 4 rings (SSSR count). The third kappa shape index (κ3) is 4.09. The molecule has 1 aliphatic carbocycles. The van der Waals surface area contributed by atoms with E-state index in [9.17, 15) is 13.2 Å². The molecule has 0 spiro atoms. The number of aryl methyl sites for hydroxylation is 1. The molecule has 1 aliphatic heterocycles. The first kappa shape index (κ1) is 20.9. The van der Waals surface area contributed by atoms with E-state index in [2.05, 4.69) is 17.2 Å². The van der Waals surface area contributed by atoms with Crippen molar-refractivity contribution in [3.8, 4) is 5.75 Å². The SMILES string of the molecule is CCCS(=O)(=O)N1CCN(c2cnn(C)c(=O)c2OC2Cc3ccccc3C2)CC1. The minimum atomic E-state index is -3.22. The number of fused-ring (bicyclic) bond motifs is 1. The van der Waals surface area contributed by atoms with Crippen LogP contribution < -0.4 is 15.2 Å². The molecule has 8 nitrogen and oxygen atoms in total. The van der Waals surface area contributed by atoms with Crippen LogP contribution in [0.25, 0.3) is 0 Å². The quantitative estimate of drug-likeness (QED) is 0.682. The maximum Gasteiger partial charge on any atom is 0.311 e. The lowest BCUT2D eigenvalue weighted by Gasteiger charge is -2.35. The van der Waals surface area contributed by atoms with Crippen molar-refractivity contribution in [1.29, 1.82) is 0 Å². The molecule has 0 radical (unpaired) electrons. The van der Waals surface area contributed by atoms with Gasteiger partial charge in [0.2, 0.25) is 15.8 Å². The van der Waals surface area contributed by atoms with Gasteiger partial charge in [0.25, 0.3) is 0 Å². The zero-order chi connectivity index (χ0) is 21.3. The van der Waals surface area contributed by atoms with Crippen LogP contribution in [0.3, 0.4) is 0 Å². The fourth-order valence-corrected chi connectivity index (χ4v) is 5.70. The summed E-state index contributed by atoms with van der Waals surface area (Å²) in [5.41, 5.74) is 2.88. The fourth-order valence-electron chi connectivity index (χ4n) is 4.21. The number of hydrogen-bond acceptors (Lipinski definition) is 6. The number of benzene rings is 1. The van der Waals surface area contributed by atoms with Gasteiger partial charge in [-0.05, 0) is 17.5 Å². The molecular weight excluding hydrogens is 404 g/mol. The monoisotopic (exact) mass is 432 g/mol. The molecule has 162 valence electrons. The van der Waals surface area contributed by atoms with Crippen LogP contribution in [-0.4, -0.2) is 60.5 Å². The van der Waals surface area contributed by atoms with Crippen molar-refractivity contribution in [3.63, 3.8) is 0 Å². The van der Waals surface area contributed by atoms with Crippen LogP contribution in [0.5, 0.6) is 5.75 Å². The average Bonchev–Trinajstić information content (AvgIpc) is 3.14. The molecule has 2 heterocycles. The molecule has 0 unspecified atom stereocenters. The highest BCUT2D eigenvalue weighted by Crippen LogP contribution is 2.30. The lowest BCUT2D eigenvalue weighted by molar-refractivity contribution is 0.209. The average molecular weight is 433 g/mol. The first-order valence-electron chi connectivity index (χ1n) is 10.4. The summed E-state index contributed by atoms with van der Waals surface area (Å²) in [6, 6.07) is 8.23. The number of anilines is 1. The van der Waals surface area contributed by atoms with E-state index in [1.807, 2.05) is 24.0 Å². The van der Waals surface area contributed by atoms with Crippen LogP contribution in [0.2, 0.25) is 0 Å². The van der Waals surface area contributed by atoms with Crippen molar-refractivity contribution >= 4 is 15.7 Å². The predicted octanol–water partition coefficient (Wildman–Crippen LogP) is 1.19. The van der Waals surface area contributed by atoms with Crippen molar-refractivity contribution in [1.82, 2.24) is 14.1 Å². The first-order valence-corrected chi connectivity index (χ1v) is 12.0. The zero-order valence-corrected chi connectivity index (χ0v) is 18.3. The largest absolute Gasteiger partial charge is 0.482 e. The van der Waals surface area contributed by atoms with Gasteiger partial charge in [0.1, 0.15) is 11.8 Å². The summed E-state index contributed by atoms with van der Waals surface area (Å²) in [6.45, 7) is 3.65. The summed E-state index contributed by atoms with van der Waals surface area (Å²) in [6.07, 6.45) is 3.69. The second-order valence-corrected chi connectivity index (χ2v) is 10.00. The lowest BCUT2D eigenvalue weighted by Crippen LogP contribution is -2.49. The smallest absolute Gasteiger partial charge is 0.311 e. The van der Waals surface area contributed by atoms with Gasteiger partial charge in [-0.1, -0.05) is 31.2 Å². The van der Waals surface area contributed by atoms with Crippen molar-refractivity contribution in [2.75, 3.05) is 36.8 Å². The second-order valence-electron chi connectivity index (χ2n) is 7.91. The van der Waals surface area contributed by atoms with E-state index in [1.54, 1.807) is 13.2 Å². The number of piperazine rings is 1. The van der Waals surface area contributed by atoms with Gasteiger partial charge < -0.3 is 9.64 Å². The Labute approximate surface area is 177 Å². The van der Waals surface area contributed by atoms with Crippen LogP contribution >= 0.6 is 0 Å². The Hall–Kier alpha value is -2.39. The molecule has 9 heteroatoms. The molecule has 0 amide bonds. The van der Waals surface area contributed by atoms with Gasteiger partial charge in [0.15, 0.2) is 0 Å². The third-order valence-electron chi connectivity index (χ3n) is 5.81. The summed E-state index contributed by atoms with van der Waals surface area (Å²) in [5, 5.41) is 4.18. The number of hydrogen-bond donors (Lipinski definition) is 0. The normalized spacial score (nSPS) is 17.9. The zero-order valence-electron chi connectivity index (χ0n) is 17.5. The maximum atomic E-state index is 12.8. The van der Waals surface area contributed by atoms with Gasteiger partial charge in [-0.25, -0.2) is 13.1 Å². The van der Waals surface area contributed by atoms with Crippen LogP contribution in [0, 0.1) is 0 Å². The van der Waals surface area contributed by atoms with Gasteiger partial charge in [-0.15, -0.1) is 0 Å². The minimum absolute atomic E-state index is 0.0949. The Kier molecular flexibility index (Phi) is 5.84. The highest BCUT2D eigenvalue weighted by Gasteiger charge is 2.30. The molecule has 0 bridgehead atoms. The Morgan fingerprint density at radius 1 is 1.10 bits per heavy atom. The highest BCUT2D eigenvalue weighted by atomic mass is 32.2. The van der Waals surface area contributed by atoms with E-state index >= 15 is 0 Å². The van der Waals surface area contributed by atoms with E-state index in [-0.39, 0.29) is 17.4 Å². The number of sulfonamides is 1. The van der Waals surface area contributed by atoms with Crippen molar-refractivity contribution in [3.05, 3.63) is 51.9 Å². The van der Waals surface area contributed by atoms with E-state index in [4.69, 9.17) is 4.74 Å². The standard InChI is InChI=1S/C21H28N4O4S/c1-3-12-30(27,28)25-10-8-24(9-11-25)19-15-22-23(2)21(26)20(19)29-18-13-16-6-4-5-7-17(16)14-18/h4-7,15,18H,3,8-14H2,1-2H3. The fraction of sp³-hybridized carbons (Fsp3) is 0.524. The van der Waals surface area contributed by atoms with Gasteiger partial charge in [-0.3, -0.25) is 4.79 Å². The topological polar surface area (TPSA) is 84.7 Å². The molecule has 1 aromatic heterocycles. The Morgan fingerprint density at radius 3 is 2.33 bits per heavy atom. The molecule has 2 aromatic rings. The lowest BCUT2D eigenvalue weighted by atomic mass is 10.1. The maximum absolute atomic E-state index is 12.8. The number of ether oxygens (including phenoxy) is 1. The van der Waals surface area contributed by atoms with E-state index < -0.39 is 10.0 Å². The van der Waals surface area contributed by atoms with E-state index in [1.165, 1.54) is 20.1 Å². The van der Waals surface area contributed by atoms with Crippen molar-refractivity contribution < 1.29 is 13.2 Å². The first-order chi connectivity index (χ1) is 14.4. The second kappa shape index (κ2) is 8.39. The van der Waals surface area contributed by atoms with E-state index in [0.717, 1.165) is 12.8 Å². The number of nitrogens with zero attached hydrogens (tertiary/aromatic N) is 4. The minimum Gasteiger partial charge on any atom is -0.482 e. The predicted molar refractivity (Wildman–Crippen MR) is 116 cm³/mol. The van der Waals surface area contributed by atoms with Gasteiger partial charge in [0.05, 0.1) is 11.9 Å². The van der Waals surface area contributed by atoms with Crippen molar-refractivity contribution in [2.24, 2.45) is 7.05 Å².